The fraction of sp³-hybridized carbons (Fsp3) is 0.250. The zero-order chi connectivity index (χ0) is 17.0. The zero-order valence-electron chi connectivity index (χ0n) is 12.3. The van der Waals surface area contributed by atoms with Crippen LogP contribution in [0.4, 0.5) is 13.2 Å². The standard InChI is InChI=1S/C16H12ClF3N4/c17-16-15-13(1-2-22-16)23-14-4-8(12(21)6-24(14)15)7-3-10(19)11(20)5-9(7)18/h1-3,5,8,12H,4,6,21H2/t8-,12?/m1/s1. The highest BCUT2D eigenvalue weighted by Crippen LogP contribution is 2.34. The van der Waals surface area contributed by atoms with Crippen LogP contribution in [0.5, 0.6) is 0 Å². The van der Waals surface area contributed by atoms with Crippen LogP contribution in [0.2, 0.25) is 5.15 Å². The number of nitrogens with two attached hydrogens (primary N) is 1. The molecule has 0 fully saturated rings. The Hall–Kier alpha value is -2.12. The largest absolute Gasteiger partial charge is 0.326 e. The summed E-state index contributed by atoms with van der Waals surface area (Å²) < 4.78 is 42.7. The summed E-state index contributed by atoms with van der Waals surface area (Å²) in [4.78, 5) is 8.52. The van der Waals surface area contributed by atoms with Gasteiger partial charge in [-0.2, -0.15) is 0 Å². The van der Waals surface area contributed by atoms with E-state index in [0.29, 0.717) is 41.0 Å². The van der Waals surface area contributed by atoms with Gasteiger partial charge in [0.1, 0.15) is 17.2 Å². The van der Waals surface area contributed by atoms with Crippen LogP contribution in [0.3, 0.4) is 0 Å². The van der Waals surface area contributed by atoms with Gasteiger partial charge >= 0.3 is 0 Å². The molecule has 0 aliphatic carbocycles. The summed E-state index contributed by atoms with van der Waals surface area (Å²) in [5.74, 6) is -2.96. The summed E-state index contributed by atoms with van der Waals surface area (Å²) in [6.07, 6.45) is 1.85. The molecular weight excluding hydrogens is 341 g/mol. The number of pyridine rings is 1. The molecule has 4 rings (SSSR count). The molecule has 1 aliphatic heterocycles. The Kier molecular flexibility index (Phi) is 3.51. The third-order valence-electron chi connectivity index (χ3n) is 4.44. The molecule has 0 bridgehead atoms. The molecule has 1 aliphatic rings. The molecule has 24 heavy (non-hydrogen) atoms. The first kappa shape index (κ1) is 15.4. The van der Waals surface area contributed by atoms with Crippen LogP contribution in [-0.2, 0) is 13.0 Å². The number of hydrogen-bond donors (Lipinski definition) is 1. The highest BCUT2D eigenvalue weighted by molar-refractivity contribution is 6.33. The van der Waals surface area contributed by atoms with Gasteiger partial charge in [0.25, 0.3) is 0 Å². The van der Waals surface area contributed by atoms with Crippen molar-refractivity contribution in [1.29, 1.82) is 0 Å². The van der Waals surface area contributed by atoms with Gasteiger partial charge in [-0.1, -0.05) is 11.6 Å². The van der Waals surface area contributed by atoms with E-state index in [1.807, 2.05) is 4.57 Å². The van der Waals surface area contributed by atoms with Crippen LogP contribution >= 0.6 is 11.6 Å². The normalized spacial score (nSPS) is 20.4. The minimum Gasteiger partial charge on any atom is -0.326 e. The summed E-state index contributed by atoms with van der Waals surface area (Å²) in [5.41, 5.74) is 7.59. The molecule has 1 aromatic carbocycles. The smallest absolute Gasteiger partial charge is 0.161 e. The first-order valence-electron chi connectivity index (χ1n) is 7.35. The lowest BCUT2D eigenvalue weighted by molar-refractivity contribution is 0.391. The number of aromatic nitrogens is 3. The molecule has 0 amide bonds. The van der Waals surface area contributed by atoms with Gasteiger partial charge in [-0.05, 0) is 17.7 Å². The van der Waals surface area contributed by atoms with Crippen molar-refractivity contribution in [3.63, 3.8) is 0 Å². The average Bonchev–Trinajstić information content (AvgIpc) is 2.89. The molecule has 8 heteroatoms. The predicted octanol–water partition coefficient (Wildman–Crippen LogP) is 3.17. The number of benzene rings is 1. The zero-order valence-corrected chi connectivity index (χ0v) is 13.1. The van der Waals surface area contributed by atoms with Crippen LogP contribution < -0.4 is 5.73 Å². The molecule has 1 unspecified atom stereocenters. The molecule has 2 N–H and O–H groups in total. The fourth-order valence-electron chi connectivity index (χ4n) is 3.29. The van der Waals surface area contributed by atoms with Crippen LogP contribution in [0, 0.1) is 17.5 Å². The summed E-state index contributed by atoms with van der Waals surface area (Å²) in [6.45, 7) is 0.334. The Morgan fingerprint density at radius 3 is 2.71 bits per heavy atom. The van der Waals surface area contributed by atoms with Crippen molar-refractivity contribution in [1.82, 2.24) is 14.5 Å². The molecule has 124 valence electrons. The monoisotopic (exact) mass is 352 g/mol. The number of imidazole rings is 1. The van der Waals surface area contributed by atoms with Gasteiger partial charge in [0.05, 0.1) is 5.52 Å². The van der Waals surface area contributed by atoms with Crippen LogP contribution in [0.25, 0.3) is 11.0 Å². The van der Waals surface area contributed by atoms with Gasteiger partial charge in [0.2, 0.25) is 0 Å². The van der Waals surface area contributed by atoms with Crippen molar-refractivity contribution in [2.24, 2.45) is 5.73 Å². The lowest BCUT2D eigenvalue weighted by atomic mass is 9.86. The maximum atomic E-state index is 14.1. The summed E-state index contributed by atoms with van der Waals surface area (Å²) in [6, 6.07) is 2.66. The SMILES string of the molecule is NC1Cn2c(nc3ccnc(Cl)c32)C[C@@H]1c1cc(F)c(F)cc1F. The predicted molar refractivity (Wildman–Crippen MR) is 83.3 cm³/mol. The number of rotatable bonds is 1. The van der Waals surface area contributed by atoms with E-state index in [9.17, 15) is 13.2 Å². The summed E-state index contributed by atoms with van der Waals surface area (Å²) >= 11 is 6.14. The Morgan fingerprint density at radius 1 is 1.17 bits per heavy atom. The second-order valence-corrected chi connectivity index (χ2v) is 6.23. The Labute approximate surface area is 140 Å². The van der Waals surface area contributed by atoms with Gasteiger partial charge < -0.3 is 10.3 Å². The number of nitrogens with zero attached hydrogens (tertiary/aromatic N) is 3. The number of fused-ring (bicyclic) bond motifs is 3. The van der Waals surface area contributed by atoms with Gasteiger partial charge in [-0.3, -0.25) is 0 Å². The first-order valence-corrected chi connectivity index (χ1v) is 7.73. The molecule has 0 saturated heterocycles. The minimum atomic E-state index is -1.22. The van der Waals surface area contributed by atoms with E-state index in [1.165, 1.54) is 0 Å². The first-order chi connectivity index (χ1) is 11.5. The van der Waals surface area contributed by atoms with E-state index < -0.39 is 29.4 Å². The quantitative estimate of drug-likeness (QED) is 0.540. The Bertz CT molecular complexity index is 956. The highest BCUT2D eigenvalue weighted by atomic mass is 35.5. The van der Waals surface area contributed by atoms with Crippen molar-refractivity contribution in [2.75, 3.05) is 0 Å². The average molecular weight is 353 g/mol. The molecule has 3 heterocycles. The number of hydrogen-bond acceptors (Lipinski definition) is 3. The fourth-order valence-corrected chi connectivity index (χ4v) is 3.54. The second-order valence-electron chi connectivity index (χ2n) is 5.87. The van der Waals surface area contributed by atoms with Gasteiger partial charge in [0, 0.05) is 37.2 Å². The lowest BCUT2D eigenvalue weighted by Crippen LogP contribution is -2.39. The Balaban J connectivity index is 1.81. The van der Waals surface area contributed by atoms with Crippen LogP contribution in [0.15, 0.2) is 24.4 Å². The van der Waals surface area contributed by atoms with Crippen molar-refractivity contribution in [3.05, 3.63) is 58.4 Å². The van der Waals surface area contributed by atoms with Gasteiger partial charge in [-0.25, -0.2) is 23.1 Å². The lowest BCUT2D eigenvalue weighted by Gasteiger charge is -2.30. The maximum absolute atomic E-state index is 14.1. The minimum absolute atomic E-state index is 0.0592. The van der Waals surface area contributed by atoms with E-state index in [1.54, 1.807) is 12.3 Å². The molecule has 0 spiro atoms. The topological polar surface area (TPSA) is 56.7 Å². The molecule has 3 aromatic rings. The summed E-state index contributed by atoms with van der Waals surface area (Å²) in [5, 5.41) is 0.316. The Morgan fingerprint density at radius 2 is 1.92 bits per heavy atom. The van der Waals surface area contributed by atoms with E-state index in [-0.39, 0.29) is 5.56 Å². The van der Waals surface area contributed by atoms with Gasteiger partial charge in [0.15, 0.2) is 16.8 Å². The second kappa shape index (κ2) is 5.46. The molecule has 2 atom stereocenters. The van der Waals surface area contributed by atoms with Crippen LogP contribution in [0.1, 0.15) is 17.3 Å². The molecule has 0 saturated carbocycles. The third kappa shape index (κ3) is 2.27. The summed E-state index contributed by atoms with van der Waals surface area (Å²) in [7, 11) is 0. The van der Waals surface area contributed by atoms with E-state index in [0.717, 1.165) is 6.07 Å². The maximum Gasteiger partial charge on any atom is 0.161 e. The van der Waals surface area contributed by atoms with E-state index in [4.69, 9.17) is 17.3 Å². The molecule has 0 radical (unpaired) electrons. The third-order valence-corrected chi connectivity index (χ3v) is 4.72. The van der Waals surface area contributed by atoms with Crippen molar-refractivity contribution in [2.45, 2.75) is 24.9 Å². The van der Waals surface area contributed by atoms with Crippen molar-refractivity contribution < 1.29 is 13.2 Å². The van der Waals surface area contributed by atoms with E-state index in [2.05, 4.69) is 9.97 Å². The molecule has 4 nitrogen and oxygen atoms in total. The molecular formula is C16H12ClF3N4. The number of halogens is 4. The highest BCUT2D eigenvalue weighted by Gasteiger charge is 2.32. The molecule has 2 aromatic heterocycles. The van der Waals surface area contributed by atoms with E-state index >= 15 is 0 Å². The van der Waals surface area contributed by atoms with Crippen molar-refractivity contribution in [3.8, 4) is 0 Å². The van der Waals surface area contributed by atoms with Crippen LogP contribution in [-0.4, -0.2) is 20.6 Å². The van der Waals surface area contributed by atoms with Crippen molar-refractivity contribution >= 4 is 22.6 Å². The van der Waals surface area contributed by atoms with Gasteiger partial charge in [-0.15, -0.1) is 0 Å².